The summed E-state index contributed by atoms with van der Waals surface area (Å²) in [6, 6.07) is 17.4. The number of hydrogen-bond acceptors (Lipinski definition) is 3. The lowest BCUT2D eigenvalue weighted by Crippen LogP contribution is -2.41. The van der Waals surface area contributed by atoms with Crippen LogP contribution >= 0.6 is 0 Å². The maximum absolute atomic E-state index is 13.2. The largest absolute Gasteiger partial charge is 0.508 e. The number of amides is 1. The second kappa shape index (κ2) is 7.34. The van der Waals surface area contributed by atoms with Gasteiger partial charge < -0.3 is 14.7 Å². The number of hydrogen-bond donors (Lipinski definition) is 1. The van der Waals surface area contributed by atoms with E-state index in [1.54, 1.807) is 12.1 Å². The van der Waals surface area contributed by atoms with Crippen molar-refractivity contribution in [1.29, 1.82) is 0 Å². The Morgan fingerprint density at radius 1 is 1.08 bits per heavy atom. The van der Waals surface area contributed by atoms with E-state index in [9.17, 15) is 9.90 Å². The van der Waals surface area contributed by atoms with Crippen LogP contribution in [0.15, 0.2) is 60.7 Å². The van der Waals surface area contributed by atoms with Gasteiger partial charge >= 0.3 is 0 Å². The highest BCUT2D eigenvalue weighted by Crippen LogP contribution is 2.33. The Morgan fingerprint density at radius 2 is 1.92 bits per heavy atom. The minimum Gasteiger partial charge on any atom is -0.508 e. The van der Waals surface area contributed by atoms with Gasteiger partial charge in [0.25, 0.3) is 0 Å². The Hall–Kier alpha value is -2.59. The van der Waals surface area contributed by atoms with Gasteiger partial charge in [-0.15, -0.1) is 0 Å². The molecule has 0 saturated carbocycles. The SMILES string of the molecule is O=C(C1COCC1c1ccccc1)N1CCC=C(c2cccc(O)c2)C1. The van der Waals surface area contributed by atoms with Gasteiger partial charge in [0.1, 0.15) is 5.75 Å². The van der Waals surface area contributed by atoms with Crippen LogP contribution in [-0.4, -0.2) is 42.2 Å². The van der Waals surface area contributed by atoms with E-state index in [0.29, 0.717) is 19.8 Å². The van der Waals surface area contributed by atoms with Crippen molar-refractivity contribution >= 4 is 11.5 Å². The molecule has 0 bridgehead atoms. The van der Waals surface area contributed by atoms with Crippen molar-refractivity contribution in [1.82, 2.24) is 4.90 Å². The molecule has 26 heavy (non-hydrogen) atoms. The molecule has 1 saturated heterocycles. The average Bonchev–Trinajstić information content (AvgIpc) is 3.18. The number of aromatic hydroxyl groups is 1. The third kappa shape index (κ3) is 3.37. The molecular weight excluding hydrogens is 326 g/mol. The summed E-state index contributed by atoms with van der Waals surface area (Å²) in [5, 5.41) is 9.73. The molecule has 4 nitrogen and oxygen atoms in total. The van der Waals surface area contributed by atoms with Gasteiger partial charge in [0.2, 0.25) is 5.91 Å². The maximum Gasteiger partial charge on any atom is 0.229 e. The molecule has 2 aromatic carbocycles. The topological polar surface area (TPSA) is 49.8 Å². The second-order valence-electron chi connectivity index (χ2n) is 6.99. The summed E-state index contributed by atoms with van der Waals surface area (Å²) in [7, 11) is 0. The Kier molecular flexibility index (Phi) is 4.76. The van der Waals surface area contributed by atoms with E-state index in [-0.39, 0.29) is 23.5 Å². The highest BCUT2D eigenvalue weighted by Gasteiger charge is 2.37. The zero-order valence-corrected chi connectivity index (χ0v) is 14.7. The normalized spacial score (nSPS) is 22.9. The van der Waals surface area contributed by atoms with Crippen LogP contribution in [0.25, 0.3) is 5.57 Å². The Morgan fingerprint density at radius 3 is 2.73 bits per heavy atom. The number of nitrogens with zero attached hydrogens (tertiary/aromatic N) is 1. The highest BCUT2D eigenvalue weighted by molar-refractivity contribution is 5.83. The van der Waals surface area contributed by atoms with Crippen molar-refractivity contribution in [2.75, 3.05) is 26.3 Å². The minimum atomic E-state index is -0.124. The molecule has 4 heteroatoms. The Labute approximate surface area is 153 Å². The first-order chi connectivity index (χ1) is 12.7. The van der Waals surface area contributed by atoms with Crippen LogP contribution in [0.2, 0.25) is 0 Å². The summed E-state index contributed by atoms with van der Waals surface area (Å²) >= 11 is 0. The van der Waals surface area contributed by atoms with Gasteiger partial charge in [-0.1, -0.05) is 48.5 Å². The maximum atomic E-state index is 13.2. The molecular formula is C22H23NO3. The van der Waals surface area contributed by atoms with Crippen molar-refractivity contribution in [2.45, 2.75) is 12.3 Å². The third-order valence-corrected chi connectivity index (χ3v) is 5.31. The van der Waals surface area contributed by atoms with E-state index < -0.39 is 0 Å². The van der Waals surface area contributed by atoms with Crippen molar-refractivity contribution < 1.29 is 14.6 Å². The number of carbonyl (C=O) groups excluding carboxylic acids is 1. The van der Waals surface area contributed by atoms with E-state index in [1.807, 2.05) is 35.2 Å². The predicted octanol–water partition coefficient (Wildman–Crippen LogP) is 3.44. The first-order valence-electron chi connectivity index (χ1n) is 9.12. The molecule has 2 aliphatic rings. The molecule has 2 aromatic rings. The summed E-state index contributed by atoms with van der Waals surface area (Å²) in [5.74, 6) is 0.419. The Balaban J connectivity index is 1.51. The van der Waals surface area contributed by atoms with Gasteiger partial charge in [0.15, 0.2) is 0 Å². The van der Waals surface area contributed by atoms with Crippen molar-refractivity contribution in [2.24, 2.45) is 5.92 Å². The van der Waals surface area contributed by atoms with Crippen LogP contribution in [0.1, 0.15) is 23.5 Å². The first-order valence-corrected chi connectivity index (χ1v) is 9.12. The number of phenols is 1. The van der Waals surface area contributed by atoms with E-state index in [4.69, 9.17) is 4.74 Å². The lowest BCUT2D eigenvalue weighted by molar-refractivity contribution is -0.135. The third-order valence-electron chi connectivity index (χ3n) is 5.31. The van der Waals surface area contributed by atoms with Gasteiger partial charge in [0, 0.05) is 19.0 Å². The fourth-order valence-electron chi connectivity index (χ4n) is 3.91. The van der Waals surface area contributed by atoms with Gasteiger partial charge in [-0.3, -0.25) is 4.79 Å². The molecule has 134 valence electrons. The fraction of sp³-hybridized carbons (Fsp3) is 0.318. The molecule has 2 unspecified atom stereocenters. The van der Waals surface area contributed by atoms with Crippen LogP contribution in [0.4, 0.5) is 0 Å². The van der Waals surface area contributed by atoms with Crippen LogP contribution in [-0.2, 0) is 9.53 Å². The zero-order valence-electron chi connectivity index (χ0n) is 14.7. The summed E-state index contributed by atoms with van der Waals surface area (Å²) in [4.78, 5) is 15.1. The summed E-state index contributed by atoms with van der Waals surface area (Å²) < 4.78 is 5.67. The van der Waals surface area contributed by atoms with Gasteiger partial charge in [-0.05, 0) is 35.3 Å². The molecule has 0 radical (unpaired) electrons. The van der Waals surface area contributed by atoms with Crippen molar-refractivity contribution in [3.8, 4) is 5.75 Å². The summed E-state index contributed by atoms with van der Waals surface area (Å²) in [6.07, 6.45) is 3.00. The van der Waals surface area contributed by atoms with Gasteiger partial charge in [-0.25, -0.2) is 0 Å². The first kappa shape index (κ1) is 16.9. The van der Waals surface area contributed by atoms with Crippen molar-refractivity contribution in [3.05, 3.63) is 71.8 Å². The number of rotatable bonds is 3. The molecule has 0 aromatic heterocycles. The molecule has 2 heterocycles. The minimum absolute atomic E-state index is 0.124. The smallest absolute Gasteiger partial charge is 0.229 e. The number of carbonyl (C=O) groups is 1. The molecule has 0 spiro atoms. The molecule has 1 N–H and O–H groups in total. The average molecular weight is 349 g/mol. The monoisotopic (exact) mass is 349 g/mol. The molecule has 4 rings (SSSR count). The van der Waals surface area contributed by atoms with Crippen LogP contribution in [0, 0.1) is 5.92 Å². The second-order valence-corrected chi connectivity index (χ2v) is 6.99. The fourth-order valence-corrected chi connectivity index (χ4v) is 3.91. The van der Waals surface area contributed by atoms with Crippen LogP contribution in [0.3, 0.4) is 0 Å². The van der Waals surface area contributed by atoms with E-state index in [1.165, 1.54) is 5.56 Å². The standard InChI is InChI=1S/C22H23NO3/c24-19-10-4-8-17(12-19)18-9-5-11-23(13-18)22(25)21-15-26-14-20(21)16-6-2-1-3-7-16/h1-4,6-10,12,20-21,24H,5,11,13-15H2. The van der Waals surface area contributed by atoms with Crippen molar-refractivity contribution in [3.63, 3.8) is 0 Å². The predicted molar refractivity (Wildman–Crippen MR) is 101 cm³/mol. The molecule has 1 amide bonds. The quantitative estimate of drug-likeness (QED) is 0.923. The van der Waals surface area contributed by atoms with Crippen LogP contribution in [0.5, 0.6) is 5.75 Å². The van der Waals surface area contributed by atoms with E-state index in [0.717, 1.165) is 24.1 Å². The lowest BCUT2D eigenvalue weighted by atomic mass is 9.87. The zero-order chi connectivity index (χ0) is 17.9. The number of benzene rings is 2. The molecule has 0 aliphatic carbocycles. The summed E-state index contributed by atoms with van der Waals surface area (Å²) in [5.41, 5.74) is 3.24. The molecule has 2 atom stereocenters. The summed E-state index contributed by atoms with van der Waals surface area (Å²) in [6.45, 7) is 2.41. The van der Waals surface area contributed by atoms with E-state index >= 15 is 0 Å². The lowest BCUT2D eigenvalue weighted by Gasteiger charge is -2.31. The number of ether oxygens (including phenoxy) is 1. The highest BCUT2D eigenvalue weighted by atomic mass is 16.5. The van der Waals surface area contributed by atoms with Gasteiger partial charge in [-0.2, -0.15) is 0 Å². The van der Waals surface area contributed by atoms with E-state index in [2.05, 4.69) is 18.2 Å². The van der Waals surface area contributed by atoms with Crippen LogP contribution < -0.4 is 0 Å². The molecule has 1 fully saturated rings. The van der Waals surface area contributed by atoms with Gasteiger partial charge in [0.05, 0.1) is 19.1 Å². The Bertz CT molecular complexity index is 815. The number of phenolic OH excluding ortho intramolecular Hbond substituents is 1. The molecule has 2 aliphatic heterocycles.